The molecular weight excluding hydrogens is 760 g/mol. The lowest BCUT2D eigenvalue weighted by Crippen LogP contribution is -2.63. The summed E-state index contributed by atoms with van der Waals surface area (Å²) in [6.07, 6.45) is -6.05. The zero-order valence-corrected chi connectivity index (χ0v) is 34.3. The van der Waals surface area contributed by atoms with Gasteiger partial charge in [0, 0.05) is 25.0 Å². The molecule has 0 aromatic carbocycles. The summed E-state index contributed by atoms with van der Waals surface area (Å²) in [5.41, 5.74) is 0.107. The van der Waals surface area contributed by atoms with Crippen LogP contribution in [0.15, 0.2) is 11.6 Å². The maximum absolute atomic E-state index is 12.6. The van der Waals surface area contributed by atoms with E-state index in [1.54, 1.807) is 13.2 Å². The lowest BCUT2D eigenvalue weighted by atomic mass is 9.43. The van der Waals surface area contributed by atoms with E-state index in [1.807, 2.05) is 6.92 Å². The van der Waals surface area contributed by atoms with Crippen molar-refractivity contribution in [2.75, 3.05) is 20.3 Å². The predicted octanol–water partition coefficient (Wildman–Crippen LogP) is 0.815. The Balaban J connectivity index is 0.858. The molecule has 22 atom stereocenters. The van der Waals surface area contributed by atoms with Crippen molar-refractivity contribution < 1.29 is 78.4 Å². The van der Waals surface area contributed by atoms with Gasteiger partial charge in [0.2, 0.25) is 0 Å². The summed E-state index contributed by atoms with van der Waals surface area (Å²) in [5, 5.41) is 75.4. The molecule has 58 heavy (non-hydrogen) atoms. The maximum Gasteiger partial charge on any atom is 0.331 e. The van der Waals surface area contributed by atoms with E-state index in [1.165, 1.54) is 6.92 Å². The van der Waals surface area contributed by atoms with Crippen LogP contribution < -0.4 is 0 Å². The number of aliphatic hydroxyl groups is 7. The second-order valence-electron chi connectivity index (χ2n) is 19.2. The summed E-state index contributed by atoms with van der Waals surface area (Å²) < 4.78 is 47.4. The van der Waals surface area contributed by atoms with E-state index < -0.39 is 98.2 Å². The van der Waals surface area contributed by atoms with Crippen molar-refractivity contribution in [2.24, 2.45) is 34.5 Å². The highest BCUT2D eigenvalue weighted by atomic mass is 16.7. The van der Waals surface area contributed by atoms with Crippen LogP contribution in [0.4, 0.5) is 0 Å². The molecule has 0 unspecified atom stereocenters. The summed E-state index contributed by atoms with van der Waals surface area (Å²) in [6, 6.07) is 0. The second kappa shape index (κ2) is 16.4. The van der Waals surface area contributed by atoms with Gasteiger partial charge in [0.15, 0.2) is 18.9 Å². The molecule has 0 aromatic rings. The van der Waals surface area contributed by atoms with Crippen LogP contribution in [0.3, 0.4) is 0 Å². The maximum atomic E-state index is 12.6. The summed E-state index contributed by atoms with van der Waals surface area (Å²) in [4.78, 5) is 12.0. The molecule has 0 aromatic heterocycles. The summed E-state index contributed by atoms with van der Waals surface area (Å²) >= 11 is 0. The van der Waals surface area contributed by atoms with Crippen LogP contribution in [0, 0.1) is 34.5 Å². The number of carbonyl (C=O) groups is 1. The van der Waals surface area contributed by atoms with Gasteiger partial charge in [-0.1, -0.05) is 13.8 Å². The van der Waals surface area contributed by atoms with Gasteiger partial charge in [-0.05, 0) is 106 Å². The van der Waals surface area contributed by atoms with E-state index in [0.29, 0.717) is 24.9 Å². The Morgan fingerprint density at radius 3 is 2.22 bits per heavy atom. The fraction of sp³-hybridized carbons (Fsp3) is 0.929. The zero-order chi connectivity index (χ0) is 41.5. The van der Waals surface area contributed by atoms with Crippen LogP contribution >= 0.6 is 0 Å². The number of cyclic esters (lactones) is 1. The number of fused-ring (bicyclic) bond motifs is 5. The number of carbonyl (C=O) groups excluding carboxylic acids is 1. The highest BCUT2D eigenvalue weighted by molar-refractivity contribution is 5.85. The summed E-state index contributed by atoms with van der Waals surface area (Å²) in [7, 11) is 1.56. The minimum atomic E-state index is -1.66. The number of methoxy groups -OCH3 is 1. The Kier molecular flexibility index (Phi) is 12.2. The average molecular weight is 827 g/mol. The van der Waals surface area contributed by atoms with Crippen LogP contribution in [0.5, 0.6) is 0 Å². The van der Waals surface area contributed by atoms with Crippen LogP contribution in [0.25, 0.3) is 0 Å². The van der Waals surface area contributed by atoms with Gasteiger partial charge in [0.25, 0.3) is 0 Å². The van der Waals surface area contributed by atoms with Gasteiger partial charge in [-0.15, -0.1) is 0 Å². The minimum absolute atomic E-state index is 0.0126. The minimum Gasteiger partial charge on any atom is -0.458 e. The van der Waals surface area contributed by atoms with Crippen molar-refractivity contribution in [1.29, 1.82) is 0 Å². The number of hydrogen-bond donors (Lipinski definition) is 7. The molecule has 0 amide bonds. The first-order valence-electron chi connectivity index (χ1n) is 21.6. The molecule has 330 valence electrons. The third kappa shape index (κ3) is 7.31. The SMILES string of the molecule is CO[C@H]1C[C@H](O[C@H]2CC[C@@]3(C)[C@H](CC[C@@H]4[C@@H]3CC[C@]3(C)[C@@H](C5=CC(=O)OC5)CC[C@]43O)C2)O[C@H](C)[C@H]1O[C@@H]1O[C@H](CO[C@@H]2O[C@@H](C)[C@H](O)[C@@H](O)[C@H]2O)[C@@H](O)[C@H](O)[C@H]1O. The lowest BCUT2D eigenvalue weighted by Gasteiger charge is -2.64. The Hall–Kier alpha value is -1.35. The highest BCUT2D eigenvalue weighted by Gasteiger charge is 2.68. The van der Waals surface area contributed by atoms with Crippen LogP contribution in [0.2, 0.25) is 0 Å². The molecule has 4 heterocycles. The molecule has 0 bridgehead atoms. The van der Waals surface area contributed by atoms with E-state index in [-0.39, 0.29) is 34.7 Å². The largest absolute Gasteiger partial charge is 0.458 e. The predicted molar refractivity (Wildman–Crippen MR) is 200 cm³/mol. The van der Waals surface area contributed by atoms with Crippen molar-refractivity contribution in [3.63, 3.8) is 0 Å². The molecule has 7 fully saturated rings. The monoisotopic (exact) mass is 826 g/mol. The van der Waals surface area contributed by atoms with Gasteiger partial charge in [0.05, 0.1) is 36.6 Å². The zero-order valence-electron chi connectivity index (χ0n) is 34.3. The number of ether oxygens (including phenoxy) is 8. The smallest absolute Gasteiger partial charge is 0.331 e. The van der Waals surface area contributed by atoms with Gasteiger partial charge >= 0.3 is 5.97 Å². The Bertz CT molecular complexity index is 1510. The first kappa shape index (κ1) is 43.3. The fourth-order valence-corrected chi connectivity index (χ4v) is 12.9. The molecule has 16 heteroatoms. The Morgan fingerprint density at radius 2 is 1.50 bits per heavy atom. The number of esters is 1. The van der Waals surface area contributed by atoms with Crippen molar-refractivity contribution >= 4 is 5.97 Å². The Morgan fingerprint density at radius 1 is 0.759 bits per heavy atom. The molecule has 0 spiro atoms. The van der Waals surface area contributed by atoms with Crippen molar-refractivity contribution in [2.45, 2.75) is 190 Å². The van der Waals surface area contributed by atoms with Gasteiger partial charge in [-0.2, -0.15) is 0 Å². The van der Waals surface area contributed by atoms with E-state index >= 15 is 0 Å². The molecule has 8 rings (SSSR count). The standard InChI is InChI=1S/C42H66O16/c1-19-31(44)33(46)35(48)38(55-19)53-18-28-32(45)34(47)36(49)39(57-28)58-37-20(2)54-30(16-27(37)51-5)56-23-8-11-40(3)22(15-23)6-7-26-25(40)9-12-41(4)24(10-13-42(26,41)50)21-14-29(43)52-17-21/h14,19-20,22-28,30-39,44-50H,6-13,15-18H2,1-5H3/t19-,20+,22+,23-,24+,25-,26+,27-,28+,30-,31-,32+,33+,34-,35+,36+,37+,38+,39-,40-,41+,42-/m0/s1. The molecule has 3 saturated heterocycles. The third-order valence-electron chi connectivity index (χ3n) is 16.4. The molecule has 16 nitrogen and oxygen atoms in total. The van der Waals surface area contributed by atoms with E-state index in [4.69, 9.17) is 37.9 Å². The van der Waals surface area contributed by atoms with Gasteiger partial charge in [-0.3, -0.25) is 0 Å². The molecule has 4 aliphatic heterocycles. The quantitative estimate of drug-likeness (QED) is 0.126. The van der Waals surface area contributed by atoms with Crippen molar-refractivity contribution in [3.05, 3.63) is 11.6 Å². The molecule has 0 radical (unpaired) electrons. The molecular formula is C42H66O16. The van der Waals surface area contributed by atoms with Gasteiger partial charge in [-0.25, -0.2) is 4.79 Å². The van der Waals surface area contributed by atoms with Crippen LogP contribution in [0.1, 0.15) is 91.9 Å². The number of aliphatic hydroxyl groups excluding tert-OH is 6. The first-order valence-corrected chi connectivity index (χ1v) is 21.6. The molecule has 4 saturated carbocycles. The van der Waals surface area contributed by atoms with Gasteiger partial charge < -0.3 is 73.6 Å². The Labute approximate surface area is 340 Å². The van der Waals surface area contributed by atoms with Crippen molar-refractivity contribution in [1.82, 2.24) is 0 Å². The number of rotatable bonds is 9. The fourth-order valence-electron chi connectivity index (χ4n) is 12.9. The van der Waals surface area contributed by atoms with Crippen LogP contribution in [-0.2, 0) is 42.7 Å². The van der Waals surface area contributed by atoms with E-state index in [9.17, 15) is 40.5 Å². The summed E-state index contributed by atoms with van der Waals surface area (Å²) in [5.74, 6) is 0.998. The first-order chi connectivity index (χ1) is 27.5. The van der Waals surface area contributed by atoms with Gasteiger partial charge in [0.1, 0.15) is 55.4 Å². The third-order valence-corrected chi connectivity index (χ3v) is 16.4. The van der Waals surface area contributed by atoms with Crippen LogP contribution in [-0.4, -0.2) is 160 Å². The lowest BCUT2D eigenvalue weighted by molar-refractivity contribution is -0.354. The van der Waals surface area contributed by atoms with Crippen molar-refractivity contribution in [3.8, 4) is 0 Å². The van der Waals surface area contributed by atoms with E-state index in [0.717, 1.165) is 63.4 Å². The normalized spacial score (nSPS) is 54.6. The topological polar surface area (TPSA) is 233 Å². The highest BCUT2D eigenvalue weighted by Crippen LogP contribution is 2.70. The number of hydrogen-bond acceptors (Lipinski definition) is 16. The second-order valence-corrected chi connectivity index (χ2v) is 19.2. The molecule has 7 N–H and O–H groups in total. The van der Waals surface area contributed by atoms with E-state index in [2.05, 4.69) is 13.8 Å². The molecule has 8 aliphatic rings. The summed E-state index contributed by atoms with van der Waals surface area (Å²) in [6.45, 7) is 7.97. The molecule has 4 aliphatic carbocycles. The average Bonchev–Trinajstić information content (AvgIpc) is 3.75.